The molecule has 0 aliphatic rings. The molecule has 1 rings (SSSR count). The van der Waals surface area contributed by atoms with Gasteiger partial charge >= 0.3 is 0 Å². The number of hydrogen-bond donors (Lipinski definition) is 1. The van der Waals surface area contributed by atoms with Crippen LogP contribution in [0.1, 0.15) is 24.8 Å². The van der Waals surface area contributed by atoms with E-state index in [4.69, 9.17) is 4.74 Å². The van der Waals surface area contributed by atoms with Gasteiger partial charge in [0.15, 0.2) is 0 Å². The molecule has 0 saturated heterocycles. The minimum Gasteiger partial charge on any atom is -0.382 e. The van der Waals surface area contributed by atoms with Crippen LogP contribution in [-0.2, 0) is 4.74 Å². The van der Waals surface area contributed by atoms with E-state index in [-0.39, 0.29) is 0 Å². The maximum absolute atomic E-state index is 5.34. The molecule has 2 unspecified atom stereocenters. The molecule has 1 aromatic carbocycles. The molecule has 1 N–H and O–H groups in total. The van der Waals surface area contributed by atoms with Crippen molar-refractivity contribution in [2.45, 2.75) is 25.4 Å². The molecule has 0 heterocycles. The Bertz CT molecular complexity index is 299. The Balaban J connectivity index is 2.72. The van der Waals surface area contributed by atoms with Crippen molar-refractivity contribution in [1.29, 1.82) is 0 Å². The highest BCUT2D eigenvalue weighted by atomic mass is 79.9. The number of rotatable bonds is 6. The van der Waals surface area contributed by atoms with E-state index in [2.05, 4.69) is 52.4 Å². The molecule has 0 spiro atoms. The first-order chi connectivity index (χ1) is 7.67. The van der Waals surface area contributed by atoms with Gasteiger partial charge in [-0.25, -0.2) is 0 Å². The highest BCUT2D eigenvalue weighted by Gasteiger charge is 2.14. The van der Waals surface area contributed by atoms with Gasteiger partial charge in [0.2, 0.25) is 0 Å². The fourth-order valence-electron chi connectivity index (χ4n) is 1.82. The normalized spacial score (nSPS) is 14.8. The van der Waals surface area contributed by atoms with Crippen molar-refractivity contribution in [2.75, 3.05) is 20.7 Å². The first kappa shape index (κ1) is 13.7. The maximum atomic E-state index is 5.34. The van der Waals surface area contributed by atoms with E-state index in [1.807, 2.05) is 7.05 Å². The summed E-state index contributed by atoms with van der Waals surface area (Å²) in [5.74, 6) is 0.507. The quantitative estimate of drug-likeness (QED) is 0.867. The van der Waals surface area contributed by atoms with Crippen LogP contribution in [0.3, 0.4) is 0 Å². The number of ether oxygens (including phenoxy) is 1. The van der Waals surface area contributed by atoms with Crippen LogP contribution < -0.4 is 5.32 Å². The topological polar surface area (TPSA) is 21.3 Å². The molecule has 0 radical (unpaired) electrons. The van der Waals surface area contributed by atoms with Crippen molar-refractivity contribution < 1.29 is 4.74 Å². The summed E-state index contributed by atoms with van der Waals surface area (Å²) in [7, 11) is 3.76. The molecule has 1 aromatic rings. The van der Waals surface area contributed by atoms with Crippen LogP contribution in [0.5, 0.6) is 0 Å². The Hall–Kier alpha value is -0.380. The highest BCUT2D eigenvalue weighted by molar-refractivity contribution is 9.10. The van der Waals surface area contributed by atoms with Crippen LogP contribution in [0.2, 0.25) is 0 Å². The Labute approximate surface area is 107 Å². The summed E-state index contributed by atoms with van der Waals surface area (Å²) >= 11 is 3.46. The fourth-order valence-corrected chi connectivity index (χ4v) is 2.08. The number of halogens is 1. The van der Waals surface area contributed by atoms with Gasteiger partial charge in [-0.15, -0.1) is 0 Å². The van der Waals surface area contributed by atoms with Crippen molar-refractivity contribution in [1.82, 2.24) is 5.32 Å². The summed E-state index contributed by atoms with van der Waals surface area (Å²) in [6.45, 7) is 3.09. The zero-order chi connectivity index (χ0) is 12.0. The molecule has 2 atom stereocenters. The predicted octanol–water partition coefficient (Wildman–Crippen LogP) is 3.18. The smallest absolute Gasteiger partial charge is 0.0549 e. The van der Waals surface area contributed by atoms with Crippen molar-refractivity contribution in [3.05, 3.63) is 34.3 Å². The molecular formula is C13H20BrNO. The van der Waals surface area contributed by atoms with Gasteiger partial charge in [0.1, 0.15) is 0 Å². The van der Waals surface area contributed by atoms with Crippen LogP contribution in [0, 0.1) is 0 Å². The molecule has 0 saturated carbocycles. The second kappa shape index (κ2) is 7.05. The first-order valence-corrected chi connectivity index (χ1v) is 6.39. The van der Waals surface area contributed by atoms with Gasteiger partial charge in [-0.1, -0.05) is 28.1 Å². The molecule has 0 bridgehead atoms. The molecule has 2 nitrogen and oxygen atoms in total. The van der Waals surface area contributed by atoms with Crippen LogP contribution in [0.15, 0.2) is 28.7 Å². The molecule has 90 valence electrons. The van der Waals surface area contributed by atoms with E-state index in [0.29, 0.717) is 12.0 Å². The van der Waals surface area contributed by atoms with E-state index in [9.17, 15) is 0 Å². The lowest BCUT2D eigenvalue weighted by Crippen LogP contribution is -2.21. The summed E-state index contributed by atoms with van der Waals surface area (Å²) in [5.41, 5.74) is 1.36. The molecule has 0 amide bonds. The van der Waals surface area contributed by atoms with Gasteiger partial charge in [-0.05, 0) is 44.0 Å². The predicted molar refractivity (Wildman–Crippen MR) is 71.9 cm³/mol. The molecule has 0 fully saturated rings. The third kappa shape index (κ3) is 4.24. The van der Waals surface area contributed by atoms with Crippen molar-refractivity contribution in [3.63, 3.8) is 0 Å². The zero-order valence-electron chi connectivity index (χ0n) is 10.2. The van der Waals surface area contributed by atoms with Crippen molar-refractivity contribution in [2.24, 2.45) is 0 Å². The number of likely N-dealkylation sites (N-methyl/N-ethyl adjacent to an activating group) is 1. The number of methoxy groups -OCH3 is 1. The van der Waals surface area contributed by atoms with Crippen LogP contribution in [0.25, 0.3) is 0 Å². The second-order valence-electron chi connectivity index (χ2n) is 4.09. The average Bonchev–Trinajstić information content (AvgIpc) is 2.29. The summed E-state index contributed by atoms with van der Waals surface area (Å²) < 4.78 is 6.46. The average molecular weight is 286 g/mol. The summed E-state index contributed by atoms with van der Waals surface area (Å²) in [4.78, 5) is 0. The maximum Gasteiger partial charge on any atom is 0.0549 e. The zero-order valence-corrected chi connectivity index (χ0v) is 11.8. The number of benzene rings is 1. The Morgan fingerprint density at radius 3 is 2.44 bits per heavy atom. The van der Waals surface area contributed by atoms with Crippen molar-refractivity contribution >= 4 is 15.9 Å². The van der Waals surface area contributed by atoms with Gasteiger partial charge in [0, 0.05) is 18.1 Å². The lowest BCUT2D eigenvalue weighted by Gasteiger charge is -2.20. The Kier molecular flexibility index (Phi) is 6.03. The molecular weight excluding hydrogens is 266 g/mol. The molecule has 16 heavy (non-hydrogen) atoms. The second-order valence-corrected chi connectivity index (χ2v) is 5.00. The first-order valence-electron chi connectivity index (χ1n) is 5.60. The Morgan fingerprint density at radius 1 is 1.31 bits per heavy atom. The van der Waals surface area contributed by atoms with Gasteiger partial charge in [-0.2, -0.15) is 0 Å². The highest BCUT2D eigenvalue weighted by Crippen LogP contribution is 2.23. The largest absolute Gasteiger partial charge is 0.382 e. The number of hydrogen-bond acceptors (Lipinski definition) is 2. The van der Waals surface area contributed by atoms with Gasteiger partial charge in [0.05, 0.1) is 6.10 Å². The minimum atomic E-state index is 0.294. The summed E-state index contributed by atoms with van der Waals surface area (Å²) in [6.07, 6.45) is 1.33. The van der Waals surface area contributed by atoms with Gasteiger partial charge in [0.25, 0.3) is 0 Å². The Morgan fingerprint density at radius 2 is 1.94 bits per heavy atom. The van der Waals surface area contributed by atoms with Gasteiger partial charge < -0.3 is 10.1 Å². The minimum absolute atomic E-state index is 0.294. The third-order valence-electron chi connectivity index (χ3n) is 2.81. The summed E-state index contributed by atoms with van der Waals surface area (Å²) in [6, 6.07) is 8.54. The lowest BCUT2D eigenvalue weighted by molar-refractivity contribution is 0.104. The summed E-state index contributed by atoms with van der Waals surface area (Å²) in [5, 5.41) is 3.24. The monoisotopic (exact) mass is 285 g/mol. The lowest BCUT2D eigenvalue weighted by atomic mass is 9.93. The number of nitrogens with one attached hydrogen (secondary N) is 1. The van der Waals surface area contributed by atoms with E-state index >= 15 is 0 Å². The van der Waals surface area contributed by atoms with E-state index in [1.165, 1.54) is 5.56 Å². The molecule has 0 aliphatic heterocycles. The van der Waals surface area contributed by atoms with Crippen LogP contribution >= 0.6 is 15.9 Å². The molecule has 0 aromatic heterocycles. The van der Waals surface area contributed by atoms with Crippen molar-refractivity contribution in [3.8, 4) is 0 Å². The SMILES string of the molecule is CNCC(CC(C)OC)c1ccc(Br)cc1. The third-order valence-corrected chi connectivity index (χ3v) is 3.34. The van der Waals surface area contributed by atoms with E-state index in [0.717, 1.165) is 17.4 Å². The van der Waals surface area contributed by atoms with Crippen LogP contribution in [-0.4, -0.2) is 26.8 Å². The van der Waals surface area contributed by atoms with Gasteiger partial charge in [-0.3, -0.25) is 0 Å². The fraction of sp³-hybridized carbons (Fsp3) is 0.538. The van der Waals surface area contributed by atoms with E-state index < -0.39 is 0 Å². The van der Waals surface area contributed by atoms with Crippen LogP contribution in [0.4, 0.5) is 0 Å². The molecule has 3 heteroatoms. The standard InChI is InChI=1S/C13H20BrNO/c1-10(16-3)8-12(9-15-2)11-4-6-13(14)7-5-11/h4-7,10,12,15H,8-9H2,1-3H3. The molecule has 0 aliphatic carbocycles. The van der Waals surface area contributed by atoms with E-state index in [1.54, 1.807) is 7.11 Å².